The molecule has 0 spiro atoms. The fraction of sp³-hybridized carbons (Fsp3) is 0.917. The highest BCUT2D eigenvalue weighted by Gasteiger charge is 2.62. The smallest absolute Gasteiger partial charge is 0.342 e. The van der Waals surface area contributed by atoms with E-state index in [1.165, 1.54) is 0 Å². The van der Waals surface area contributed by atoms with E-state index in [9.17, 15) is 31.1 Å². The summed E-state index contributed by atoms with van der Waals surface area (Å²) in [5.41, 5.74) is 0. The molecule has 1 aliphatic heterocycles. The first-order chi connectivity index (χ1) is 9.57. The summed E-state index contributed by atoms with van der Waals surface area (Å²) in [6, 6.07) is 0. The van der Waals surface area contributed by atoms with Gasteiger partial charge in [0.1, 0.15) is 0 Å². The molecule has 1 N–H and O–H groups in total. The summed E-state index contributed by atoms with van der Waals surface area (Å²) >= 11 is 0. The van der Waals surface area contributed by atoms with Crippen LogP contribution in [-0.2, 0) is 4.79 Å². The van der Waals surface area contributed by atoms with E-state index in [2.05, 4.69) is 5.32 Å². The van der Waals surface area contributed by atoms with Crippen LogP contribution in [0.5, 0.6) is 0 Å². The van der Waals surface area contributed by atoms with Crippen molar-refractivity contribution >= 4 is 5.91 Å². The second-order valence-corrected chi connectivity index (χ2v) is 5.09. The number of nitrogens with zero attached hydrogens (tertiary/aromatic N) is 1. The van der Waals surface area contributed by atoms with E-state index in [-0.39, 0.29) is 19.0 Å². The fourth-order valence-corrected chi connectivity index (χ4v) is 2.35. The van der Waals surface area contributed by atoms with Crippen LogP contribution in [0.1, 0.15) is 19.8 Å². The van der Waals surface area contributed by atoms with Crippen LogP contribution in [0.4, 0.5) is 26.3 Å². The molecule has 0 aromatic rings. The molecule has 0 radical (unpaired) electrons. The van der Waals surface area contributed by atoms with E-state index >= 15 is 0 Å². The summed E-state index contributed by atoms with van der Waals surface area (Å²) in [5, 5.41) is 3.07. The van der Waals surface area contributed by atoms with E-state index in [1.54, 1.807) is 0 Å². The second kappa shape index (κ2) is 6.85. The molecule has 1 heterocycles. The number of likely N-dealkylation sites (tertiary alicyclic amines) is 1. The molecular formula is C12H18F6N2O. The maximum atomic E-state index is 12.5. The van der Waals surface area contributed by atoms with Gasteiger partial charge >= 0.3 is 12.4 Å². The van der Waals surface area contributed by atoms with Crippen LogP contribution in [0.25, 0.3) is 0 Å². The van der Waals surface area contributed by atoms with Gasteiger partial charge in [0, 0.05) is 13.1 Å². The van der Waals surface area contributed by atoms with Gasteiger partial charge in [-0.3, -0.25) is 4.79 Å². The molecule has 1 fully saturated rings. The summed E-state index contributed by atoms with van der Waals surface area (Å²) in [5.74, 6) is -5.64. The summed E-state index contributed by atoms with van der Waals surface area (Å²) in [7, 11) is 0. The number of nitrogens with one attached hydrogen (secondary N) is 1. The molecule has 0 saturated carbocycles. The molecule has 0 atom stereocenters. The van der Waals surface area contributed by atoms with Crippen LogP contribution in [0.15, 0.2) is 0 Å². The Hall–Kier alpha value is -0.990. The number of rotatable bonds is 4. The Labute approximate surface area is 118 Å². The third-order valence-electron chi connectivity index (χ3n) is 3.51. The second-order valence-electron chi connectivity index (χ2n) is 5.09. The predicted octanol–water partition coefficient (Wildman–Crippen LogP) is 2.58. The molecule has 1 saturated heterocycles. The predicted molar refractivity (Wildman–Crippen MR) is 63.4 cm³/mol. The standard InChI is InChI=1S/C12H18F6N2O/c1-2-19-7-8-3-5-20(6-4-8)10(21)9(11(13,14)15)12(16,17)18/h8-9,19H,2-7H2,1H3. The molecule has 0 aliphatic carbocycles. The normalized spacial score (nSPS) is 18.4. The molecule has 0 bridgehead atoms. The Morgan fingerprint density at radius 2 is 1.62 bits per heavy atom. The van der Waals surface area contributed by atoms with Gasteiger partial charge in [-0.25, -0.2) is 0 Å². The third-order valence-corrected chi connectivity index (χ3v) is 3.51. The quantitative estimate of drug-likeness (QED) is 0.808. The molecule has 1 amide bonds. The van der Waals surface area contributed by atoms with Gasteiger partial charge in [0.25, 0.3) is 0 Å². The van der Waals surface area contributed by atoms with E-state index in [0.717, 1.165) is 6.54 Å². The van der Waals surface area contributed by atoms with Crippen LogP contribution in [0, 0.1) is 11.8 Å². The van der Waals surface area contributed by atoms with Crippen molar-refractivity contribution in [1.82, 2.24) is 10.2 Å². The van der Waals surface area contributed by atoms with E-state index in [1.807, 2.05) is 6.92 Å². The lowest BCUT2D eigenvalue weighted by Crippen LogP contribution is -2.51. The van der Waals surface area contributed by atoms with Gasteiger partial charge in [-0.05, 0) is 31.8 Å². The minimum atomic E-state index is -5.62. The van der Waals surface area contributed by atoms with Gasteiger partial charge in [-0.2, -0.15) is 26.3 Å². The van der Waals surface area contributed by atoms with Crippen molar-refractivity contribution in [1.29, 1.82) is 0 Å². The van der Waals surface area contributed by atoms with Crippen LogP contribution in [0.3, 0.4) is 0 Å². The number of amides is 1. The van der Waals surface area contributed by atoms with E-state index in [4.69, 9.17) is 0 Å². The lowest BCUT2D eigenvalue weighted by Gasteiger charge is -2.35. The van der Waals surface area contributed by atoms with Crippen molar-refractivity contribution in [3.8, 4) is 0 Å². The topological polar surface area (TPSA) is 32.3 Å². The average Bonchev–Trinajstić information content (AvgIpc) is 2.33. The fourth-order valence-electron chi connectivity index (χ4n) is 2.35. The SMILES string of the molecule is CCNCC1CCN(C(=O)C(C(F)(F)F)C(F)(F)F)CC1. The van der Waals surface area contributed by atoms with Crippen LogP contribution < -0.4 is 5.32 Å². The number of piperidine rings is 1. The first-order valence-electron chi connectivity index (χ1n) is 6.70. The van der Waals surface area contributed by atoms with Gasteiger partial charge < -0.3 is 10.2 Å². The monoisotopic (exact) mass is 320 g/mol. The van der Waals surface area contributed by atoms with Crippen LogP contribution in [-0.4, -0.2) is 49.3 Å². The number of halogens is 6. The van der Waals surface area contributed by atoms with E-state index < -0.39 is 24.2 Å². The maximum absolute atomic E-state index is 12.5. The average molecular weight is 320 g/mol. The summed E-state index contributed by atoms with van der Waals surface area (Å²) in [4.78, 5) is 12.3. The number of hydrogen-bond donors (Lipinski definition) is 1. The molecule has 9 heteroatoms. The van der Waals surface area contributed by atoms with Crippen molar-refractivity contribution in [3.05, 3.63) is 0 Å². The minimum absolute atomic E-state index is 0.0719. The largest absolute Gasteiger partial charge is 0.409 e. The first-order valence-corrected chi connectivity index (χ1v) is 6.70. The Balaban J connectivity index is 2.67. The van der Waals surface area contributed by atoms with Crippen molar-refractivity contribution in [2.24, 2.45) is 11.8 Å². The van der Waals surface area contributed by atoms with Crippen molar-refractivity contribution in [2.75, 3.05) is 26.2 Å². The lowest BCUT2D eigenvalue weighted by molar-refractivity contribution is -0.277. The van der Waals surface area contributed by atoms with Crippen molar-refractivity contribution < 1.29 is 31.1 Å². The van der Waals surface area contributed by atoms with E-state index in [0.29, 0.717) is 24.3 Å². The number of carbonyl (C=O) groups is 1. The molecule has 0 unspecified atom stereocenters. The number of carbonyl (C=O) groups excluding carboxylic acids is 1. The summed E-state index contributed by atoms with van der Waals surface area (Å²) < 4.78 is 74.9. The highest BCUT2D eigenvalue weighted by molar-refractivity contribution is 5.80. The Bertz CT molecular complexity index is 333. The molecule has 0 aromatic carbocycles. The molecule has 1 aliphatic rings. The van der Waals surface area contributed by atoms with Gasteiger partial charge in [-0.1, -0.05) is 6.92 Å². The molecule has 3 nitrogen and oxygen atoms in total. The third kappa shape index (κ3) is 5.05. The molecule has 1 rings (SSSR count). The van der Waals surface area contributed by atoms with Gasteiger partial charge in [-0.15, -0.1) is 0 Å². The zero-order valence-corrected chi connectivity index (χ0v) is 11.5. The lowest BCUT2D eigenvalue weighted by atomic mass is 9.95. The van der Waals surface area contributed by atoms with Crippen LogP contribution >= 0.6 is 0 Å². The van der Waals surface area contributed by atoms with Gasteiger partial charge in [0.05, 0.1) is 0 Å². The molecule has 0 aromatic heterocycles. The van der Waals surface area contributed by atoms with Crippen LogP contribution in [0.2, 0.25) is 0 Å². The Morgan fingerprint density at radius 3 is 2.00 bits per heavy atom. The Kier molecular flexibility index (Phi) is 5.89. The minimum Gasteiger partial charge on any atom is -0.342 e. The first kappa shape index (κ1) is 18.1. The van der Waals surface area contributed by atoms with Gasteiger partial charge in [0.2, 0.25) is 11.8 Å². The summed E-state index contributed by atoms with van der Waals surface area (Å²) in [6.07, 6.45) is -10.4. The highest BCUT2D eigenvalue weighted by atomic mass is 19.4. The summed E-state index contributed by atoms with van der Waals surface area (Å²) in [6.45, 7) is 3.15. The zero-order valence-electron chi connectivity index (χ0n) is 11.5. The van der Waals surface area contributed by atoms with Crippen molar-refractivity contribution in [3.63, 3.8) is 0 Å². The molecule has 21 heavy (non-hydrogen) atoms. The number of alkyl halides is 6. The molecule has 124 valence electrons. The number of hydrogen-bond acceptors (Lipinski definition) is 2. The zero-order chi connectivity index (χ0) is 16.3. The van der Waals surface area contributed by atoms with Crippen molar-refractivity contribution in [2.45, 2.75) is 32.1 Å². The van der Waals surface area contributed by atoms with Gasteiger partial charge in [0.15, 0.2) is 0 Å². The highest BCUT2D eigenvalue weighted by Crippen LogP contribution is 2.40. The molecular weight excluding hydrogens is 302 g/mol. The Morgan fingerprint density at radius 1 is 1.14 bits per heavy atom. The maximum Gasteiger partial charge on any atom is 0.409 e.